The first-order chi connectivity index (χ1) is 10.9. The van der Waals surface area contributed by atoms with Crippen LogP contribution in [0.15, 0.2) is 18.2 Å². The lowest BCUT2D eigenvalue weighted by Gasteiger charge is -2.28. The van der Waals surface area contributed by atoms with Gasteiger partial charge in [-0.1, -0.05) is 12.8 Å². The number of aromatic nitrogens is 2. The van der Waals surface area contributed by atoms with Gasteiger partial charge < -0.3 is 10.0 Å². The van der Waals surface area contributed by atoms with Gasteiger partial charge in [0.2, 0.25) is 0 Å². The van der Waals surface area contributed by atoms with Gasteiger partial charge in [-0.05, 0) is 18.9 Å². The number of carbonyl (C=O) groups is 1. The SMILES string of the molecule is CN(CC1(O)CCCC1)C(=O)c1n[nH]c2ccc([N+](=O)[O-])cc12. The number of hydrogen-bond donors (Lipinski definition) is 2. The smallest absolute Gasteiger partial charge is 0.274 e. The molecule has 2 aromatic rings. The van der Waals surface area contributed by atoms with E-state index in [1.165, 1.54) is 23.1 Å². The predicted octanol–water partition coefficient (Wildman–Crippen LogP) is 1.85. The number of amides is 1. The standard InChI is InChI=1S/C15H18N4O4/c1-18(9-15(21)6-2-3-7-15)14(20)13-11-8-10(19(22)23)4-5-12(11)16-17-13/h4-5,8,21H,2-3,6-7,9H2,1H3,(H,16,17). The molecule has 0 atom stereocenters. The Labute approximate surface area is 132 Å². The van der Waals surface area contributed by atoms with Crippen molar-refractivity contribution >= 4 is 22.5 Å². The van der Waals surface area contributed by atoms with Gasteiger partial charge in [0, 0.05) is 31.1 Å². The van der Waals surface area contributed by atoms with Gasteiger partial charge in [0.15, 0.2) is 5.69 Å². The highest BCUT2D eigenvalue weighted by Crippen LogP contribution is 2.30. The molecule has 2 N–H and O–H groups in total. The van der Waals surface area contributed by atoms with Crippen molar-refractivity contribution in [3.05, 3.63) is 34.0 Å². The van der Waals surface area contributed by atoms with E-state index in [-0.39, 0.29) is 23.8 Å². The number of hydrogen-bond acceptors (Lipinski definition) is 5. The summed E-state index contributed by atoms with van der Waals surface area (Å²) in [4.78, 5) is 24.4. The lowest BCUT2D eigenvalue weighted by molar-refractivity contribution is -0.384. The van der Waals surface area contributed by atoms with E-state index in [1.807, 2.05) is 0 Å². The van der Waals surface area contributed by atoms with Crippen LogP contribution in [0.2, 0.25) is 0 Å². The van der Waals surface area contributed by atoms with Crippen LogP contribution in [0.5, 0.6) is 0 Å². The Bertz CT molecular complexity index is 764. The molecule has 8 nitrogen and oxygen atoms in total. The first-order valence-corrected chi connectivity index (χ1v) is 7.50. The summed E-state index contributed by atoms with van der Waals surface area (Å²) < 4.78 is 0. The van der Waals surface area contributed by atoms with Gasteiger partial charge in [0.25, 0.3) is 11.6 Å². The number of nitro benzene ring substituents is 1. The third-order valence-corrected chi connectivity index (χ3v) is 4.37. The zero-order valence-electron chi connectivity index (χ0n) is 12.8. The number of nitrogens with one attached hydrogen (secondary N) is 1. The average molecular weight is 318 g/mol. The number of aromatic amines is 1. The third kappa shape index (κ3) is 2.89. The molecule has 8 heteroatoms. The van der Waals surface area contributed by atoms with E-state index < -0.39 is 10.5 Å². The van der Waals surface area contributed by atoms with Gasteiger partial charge in [-0.25, -0.2) is 0 Å². The number of likely N-dealkylation sites (N-methyl/N-ethyl adjacent to an activating group) is 1. The fourth-order valence-electron chi connectivity index (χ4n) is 3.16. The van der Waals surface area contributed by atoms with Gasteiger partial charge in [-0.3, -0.25) is 20.0 Å². The number of benzene rings is 1. The normalized spacial score (nSPS) is 16.6. The molecule has 0 aliphatic heterocycles. The van der Waals surface area contributed by atoms with Gasteiger partial charge in [0.05, 0.1) is 16.0 Å². The molecule has 1 aliphatic carbocycles. The lowest BCUT2D eigenvalue weighted by Crippen LogP contribution is -2.42. The van der Waals surface area contributed by atoms with E-state index in [4.69, 9.17) is 0 Å². The highest BCUT2D eigenvalue weighted by molar-refractivity contribution is 6.05. The minimum atomic E-state index is -0.845. The lowest BCUT2D eigenvalue weighted by atomic mass is 10.0. The van der Waals surface area contributed by atoms with Crippen molar-refractivity contribution in [2.24, 2.45) is 0 Å². The number of carbonyl (C=O) groups excluding carboxylic acids is 1. The van der Waals surface area contributed by atoms with Crippen LogP contribution < -0.4 is 0 Å². The van der Waals surface area contributed by atoms with Crippen molar-refractivity contribution in [2.45, 2.75) is 31.3 Å². The van der Waals surface area contributed by atoms with Crippen molar-refractivity contribution in [3.63, 3.8) is 0 Å². The molecule has 1 aromatic carbocycles. The second-order valence-electron chi connectivity index (χ2n) is 6.15. The maximum Gasteiger partial charge on any atom is 0.274 e. The monoisotopic (exact) mass is 318 g/mol. The minimum Gasteiger partial charge on any atom is -0.388 e. The molecular weight excluding hydrogens is 300 g/mol. The first-order valence-electron chi connectivity index (χ1n) is 7.50. The molecule has 0 radical (unpaired) electrons. The summed E-state index contributed by atoms with van der Waals surface area (Å²) in [7, 11) is 1.61. The topological polar surface area (TPSA) is 112 Å². The summed E-state index contributed by atoms with van der Waals surface area (Å²) in [6.45, 7) is 0.231. The van der Waals surface area contributed by atoms with Crippen LogP contribution >= 0.6 is 0 Å². The van der Waals surface area contributed by atoms with Crippen LogP contribution in [0.3, 0.4) is 0 Å². The van der Waals surface area contributed by atoms with Gasteiger partial charge in [-0.15, -0.1) is 0 Å². The second-order valence-corrected chi connectivity index (χ2v) is 6.15. The Hall–Kier alpha value is -2.48. The maximum atomic E-state index is 12.6. The minimum absolute atomic E-state index is 0.0926. The van der Waals surface area contributed by atoms with Crippen LogP contribution in [-0.4, -0.2) is 50.2 Å². The third-order valence-electron chi connectivity index (χ3n) is 4.37. The predicted molar refractivity (Wildman–Crippen MR) is 83.1 cm³/mol. The van der Waals surface area contributed by atoms with Crippen LogP contribution in [0.1, 0.15) is 36.2 Å². The Morgan fingerprint density at radius 3 is 2.83 bits per heavy atom. The molecule has 0 unspecified atom stereocenters. The number of rotatable bonds is 4. The van der Waals surface area contributed by atoms with Crippen molar-refractivity contribution in [2.75, 3.05) is 13.6 Å². The fourth-order valence-corrected chi connectivity index (χ4v) is 3.16. The summed E-state index contributed by atoms with van der Waals surface area (Å²) in [5.74, 6) is -0.364. The van der Waals surface area contributed by atoms with E-state index in [1.54, 1.807) is 7.05 Å². The zero-order chi connectivity index (χ0) is 16.6. The van der Waals surface area contributed by atoms with Gasteiger partial charge >= 0.3 is 0 Å². The number of nitro groups is 1. The molecule has 1 aromatic heterocycles. The summed E-state index contributed by atoms with van der Waals surface area (Å²) in [6.07, 6.45) is 3.26. The number of H-pyrrole nitrogens is 1. The Balaban J connectivity index is 1.88. The number of nitrogens with zero attached hydrogens (tertiary/aromatic N) is 3. The Kier molecular flexibility index (Phi) is 3.77. The molecule has 0 spiro atoms. The molecule has 1 heterocycles. The molecule has 0 bridgehead atoms. The average Bonchev–Trinajstić information content (AvgIpc) is 3.12. The largest absolute Gasteiger partial charge is 0.388 e. The van der Waals surface area contributed by atoms with Gasteiger partial charge in [0.1, 0.15) is 0 Å². The van der Waals surface area contributed by atoms with Crippen molar-refractivity contribution in [1.29, 1.82) is 0 Å². The molecule has 1 saturated carbocycles. The first kappa shape index (κ1) is 15.4. The van der Waals surface area contributed by atoms with Gasteiger partial charge in [-0.2, -0.15) is 5.10 Å². The Morgan fingerprint density at radius 1 is 1.48 bits per heavy atom. The molecule has 1 aliphatic rings. The van der Waals surface area contributed by atoms with Crippen LogP contribution in [0.25, 0.3) is 10.9 Å². The highest BCUT2D eigenvalue weighted by atomic mass is 16.6. The number of fused-ring (bicyclic) bond motifs is 1. The van der Waals surface area contributed by atoms with E-state index >= 15 is 0 Å². The van der Waals surface area contributed by atoms with E-state index in [0.717, 1.165) is 12.8 Å². The summed E-state index contributed by atoms with van der Waals surface area (Å²) in [5.41, 5.74) is -0.243. The molecule has 1 fully saturated rings. The number of non-ortho nitro benzene ring substituents is 1. The molecule has 122 valence electrons. The molecule has 3 rings (SSSR count). The fraction of sp³-hybridized carbons (Fsp3) is 0.467. The summed E-state index contributed by atoms with van der Waals surface area (Å²) in [5, 5.41) is 28.4. The molecule has 23 heavy (non-hydrogen) atoms. The van der Waals surface area contributed by atoms with E-state index in [9.17, 15) is 20.0 Å². The quantitative estimate of drug-likeness (QED) is 0.660. The van der Waals surface area contributed by atoms with E-state index in [0.29, 0.717) is 23.7 Å². The molecule has 0 saturated heterocycles. The van der Waals surface area contributed by atoms with E-state index in [2.05, 4.69) is 10.2 Å². The van der Waals surface area contributed by atoms with Crippen LogP contribution in [0.4, 0.5) is 5.69 Å². The second kappa shape index (κ2) is 5.62. The van der Waals surface area contributed by atoms with Crippen LogP contribution in [0, 0.1) is 10.1 Å². The Morgan fingerprint density at radius 2 is 2.17 bits per heavy atom. The molecular formula is C15H18N4O4. The highest BCUT2D eigenvalue weighted by Gasteiger charge is 2.34. The van der Waals surface area contributed by atoms with Crippen molar-refractivity contribution < 1.29 is 14.8 Å². The maximum absolute atomic E-state index is 12.6. The van der Waals surface area contributed by atoms with Crippen molar-refractivity contribution in [3.8, 4) is 0 Å². The van der Waals surface area contributed by atoms with Crippen molar-refractivity contribution in [1.82, 2.24) is 15.1 Å². The van der Waals surface area contributed by atoms with Crippen LogP contribution in [-0.2, 0) is 0 Å². The summed E-state index contributed by atoms with van der Waals surface area (Å²) in [6, 6.07) is 4.23. The number of aliphatic hydroxyl groups is 1. The summed E-state index contributed by atoms with van der Waals surface area (Å²) >= 11 is 0. The zero-order valence-corrected chi connectivity index (χ0v) is 12.8. The molecule has 1 amide bonds.